The molecule has 162 valence electrons. The number of aromatic nitrogens is 2. The van der Waals surface area contributed by atoms with Gasteiger partial charge in [-0.3, -0.25) is 9.69 Å². The summed E-state index contributed by atoms with van der Waals surface area (Å²) in [6.07, 6.45) is -1.46. The SMILES string of the molecule is NCc1cccc(-c2ccc(C(=O)N3CCn4ccnc43)cc2)c1.O=C(O)C(F)(F)F. The fourth-order valence-corrected chi connectivity index (χ4v) is 3.06. The number of imidazole rings is 1. The highest BCUT2D eigenvalue weighted by Gasteiger charge is 2.38. The van der Waals surface area contributed by atoms with Crippen LogP contribution >= 0.6 is 0 Å². The normalized spacial score (nSPS) is 12.7. The van der Waals surface area contributed by atoms with E-state index in [0.717, 1.165) is 29.2 Å². The van der Waals surface area contributed by atoms with Crippen LogP contribution in [0.15, 0.2) is 60.9 Å². The summed E-state index contributed by atoms with van der Waals surface area (Å²) < 4.78 is 33.7. The van der Waals surface area contributed by atoms with Gasteiger partial charge >= 0.3 is 12.1 Å². The Hall–Kier alpha value is -3.66. The zero-order valence-electron chi connectivity index (χ0n) is 16.2. The molecule has 3 N–H and O–H groups in total. The maximum atomic E-state index is 12.7. The van der Waals surface area contributed by atoms with Crippen LogP contribution in [0.4, 0.5) is 19.1 Å². The van der Waals surface area contributed by atoms with Crippen molar-refractivity contribution in [3.63, 3.8) is 0 Å². The van der Waals surface area contributed by atoms with E-state index in [1.54, 1.807) is 11.1 Å². The minimum absolute atomic E-state index is 0.0118. The quantitative estimate of drug-likeness (QED) is 0.661. The van der Waals surface area contributed by atoms with E-state index >= 15 is 0 Å². The number of carboxylic acid groups (broad SMARTS) is 1. The van der Waals surface area contributed by atoms with Crippen molar-refractivity contribution in [3.8, 4) is 11.1 Å². The topological polar surface area (TPSA) is 101 Å². The Morgan fingerprint density at radius 2 is 1.74 bits per heavy atom. The smallest absolute Gasteiger partial charge is 0.475 e. The van der Waals surface area contributed by atoms with E-state index in [1.165, 1.54) is 0 Å². The summed E-state index contributed by atoms with van der Waals surface area (Å²) >= 11 is 0. The van der Waals surface area contributed by atoms with Gasteiger partial charge in [0.15, 0.2) is 0 Å². The molecular formula is C21H19F3N4O3. The molecule has 0 fully saturated rings. The summed E-state index contributed by atoms with van der Waals surface area (Å²) in [6.45, 7) is 1.99. The van der Waals surface area contributed by atoms with E-state index in [-0.39, 0.29) is 5.91 Å². The Morgan fingerprint density at radius 3 is 2.35 bits per heavy atom. The van der Waals surface area contributed by atoms with E-state index in [4.69, 9.17) is 15.6 Å². The number of nitrogens with two attached hydrogens (primary N) is 1. The maximum Gasteiger partial charge on any atom is 0.490 e. The Balaban J connectivity index is 0.000000339. The van der Waals surface area contributed by atoms with Crippen molar-refractivity contribution in [2.45, 2.75) is 19.3 Å². The van der Waals surface area contributed by atoms with Crippen LogP contribution < -0.4 is 10.6 Å². The van der Waals surface area contributed by atoms with Crippen LogP contribution in [0.5, 0.6) is 0 Å². The van der Waals surface area contributed by atoms with E-state index in [0.29, 0.717) is 18.7 Å². The predicted molar refractivity (Wildman–Crippen MR) is 107 cm³/mol. The molecule has 10 heteroatoms. The summed E-state index contributed by atoms with van der Waals surface area (Å²) in [5.74, 6) is -2.05. The molecule has 4 rings (SSSR count). The van der Waals surface area contributed by atoms with Gasteiger partial charge in [0.1, 0.15) is 0 Å². The summed E-state index contributed by atoms with van der Waals surface area (Å²) in [6, 6.07) is 15.8. The molecular weight excluding hydrogens is 413 g/mol. The Labute approximate surface area is 175 Å². The summed E-state index contributed by atoms with van der Waals surface area (Å²) in [5, 5.41) is 7.12. The van der Waals surface area contributed by atoms with Crippen molar-refractivity contribution < 1.29 is 27.9 Å². The van der Waals surface area contributed by atoms with Crippen molar-refractivity contribution in [3.05, 3.63) is 72.1 Å². The molecule has 31 heavy (non-hydrogen) atoms. The van der Waals surface area contributed by atoms with Crippen LogP contribution in [0.1, 0.15) is 15.9 Å². The standard InChI is InChI=1S/C19H18N4O.C2HF3O2/c20-13-14-2-1-3-17(12-14)15-4-6-16(7-5-15)18(24)23-11-10-22-9-8-21-19(22)23;3-2(4,5)1(6)7/h1-9,12H,10-11,13,20H2;(H,6,7). The van der Waals surface area contributed by atoms with Gasteiger partial charge in [0.2, 0.25) is 5.95 Å². The molecule has 1 aromatic heterocycles. The number of hydrogen-bond acceptors (Lipinski definition) is 4. The minimum Gasteiger partial charge on any atom is -0.475 e. The molecule has 1 aliphatic rings. The van der Waals surface area contributed by atoms with E-state index in [2.05, 4.69) is 11.1 Å². The highest BCUT2D eigenvalue weighted by molar-refractivity contribution is 6.05. The number of nitrogens with zero attached hydrogens (tertiary/aromatic N) is 3. The molecule has 0 saturated carbocycles. The van der Waals surface area contributed by atoms with E-state index in [1.807, 2.05) is 53.2 Å². The van der Waals surface area contributed by atoms with Gasteiger partial charge in [0.05, 0.1) is 0 Å². The number of rotatable bonds is 3. The monoisotopic (exact) mass is 432 g/mol. The maximum absolute atomic E-state index is 12.7. The molecule has 0 atom stereocenters. The number of carboxylic acids is 1. The average Bonchev–Trinajstić information content (AvgIpc) is 3.37. The lowest BCUT2D eigenvalue weighted by molar-refractivity contribution is -0.192. The number of amides is 1. The molecule has 1 aliphatic heterocycles. The largest absolute Gasteiger partial charge is 0.490 e. The van der Waals surface area contributed by atoms with Gasteiger partial charge in [-0.15, -0.1) is 0 Å². The third kappa shape index (κ3) is 5.10. The van der Waals surface area contributed by atoms with E-state index in [9.17, 15) is 18.0 Å². The Bertz CT molecular complexity index is 1080. The van der Waals surface area contributed by atoms with Gasteiger partial charge in [-0.05, 0) is 34.9 Å². The first kappa shape index (κ1) is 22.0. The Morgan fingerprint density at radius 1 is 1.06 bits per heavy atom. The number of fused-ring (bicyclic) bond motifs is 1. The third-order valence-corrected chi connectivity index (χ3v) is 4.61. The molecule has 0 radical (unpaired) electrons. The second-order valence-electron chi connectivity index (χ2n) is 6.66. The summed E-state index contributed by atoms with van der Waals surface area (Å²) in [4.78, 5) is 27.6. The lowest BCUT2D eigenvalue weighted by Crippen LogP contribution is -2.29. The number of benzene rings is 2. The van der Waals surface area contributed by atoms with Crippen LogP contribution in [-0.2, 0) is 17.9 Å². The second-order valence-corrected chi connectivity index (χ2v) is 6.66. The first-order valence-electron chi connectivity index (χ1n) is 9.23. The number of carbonyl (C=O) groups excluding carboxylic acids is 1. The lowest BCUT2D eigenvalue weighted by Gasteiger charge is -2.14. The van der Waals surface area contributed by atoms with Gasteiger partial charge in [0.25, 0.3) is 5.91 Å². The highest BCUT2D eigenvalue weighted by Crippen LogP contribution is 2.24. The average molecular weight is 432 g/mol. The first-order valence-corrected chi connectivity index (χ1v) is 9.23. The van der Waals surface area contributed by atoms with Gasteiger partial charge in [-0.25, -0.2) is 9.78 Å². The third-order valence-electron chi connectivity index (χ3n) is 4.61. The van der Waals surface area contributed by atoms with Gasteiger partial charge < -0.3 is 15.4 Å². The lowest BCUT2D eigenvalue weighted by atomic mass is 10.0. The molecule has 7 nitrogen and oxygen atoms in total. The highest BCUT2D eigenvalue weighted by atomic mass is 19.4. The van der Waals surface area contributed by atoms with Gasteiger partial charge in [0, 0.05) is 37.6 Å². The van der Waals surface area contributed by atoms with Crippen molar-refractivity contribution in [1.82, 2.24) is 9.55 Å². The molecule has 3 aromatic rings. The molecule has 0 aliphatic carbocycles. The molecule has 1 amide bonds. The number of alkyl halides is 3. The van der Waals surface area contributed by atoms with Crippen molar-refractivity contribution in [2.75, 3.05) is 11.4 Å². The fraction of sp³-hybridized carbons (Fsp3) is 0.190. The zero-order chi connectivity index (χ0) is 22.6. The number of aliphatic carboxylic acids is 1. The van der Waals surface area contributed by atoms with Crippen molar-refractivity contribution in [2.24, 2.45) is 5.73 Å². The van der Waals surface area contributed by atoms with Crippen molar-refractivity contribution >= 4 is 17.8 Å². The molecule has 2 aromatic carbocycles. The minimum atomic E-state index is -5.08. The number of anilines is 1. The van der Waals surface area contributed by atoms with Crippen molar-refractivity contribution in [1.29, 1.82) is 0 Å². The van der Waals surface area contributed by atoms with Crippen LogP contribution in [0, 0.1) is 0 Å². The fourth-order valence-electron chi connectivity index (χ4n) is 3.06. The summed E-state index contributed by atoms with van der Waals surface area (Å²) in [5.41, 5.74) is 9.65. The van der Waals surface area contributed by atoms with Gasteiger partial charge in [-0.2, -0.15) is 13.2 Å². The summed E-state index contributed by atoms with van der Waals surface area (Å²) in [7, 11) is 0. The predicted octanol–water partition coefficient (Wildman–Crippen LogP) is 3.30. The van der Waals surface area contributed by atoms with Crippen LogP contribution in [0.3, 0.4) is 0 Å². The van der Waals surface area contributed by atoms with Crippen LogP contribution in [-0.4, -0.2) is 39.3 Å². The molecule has 0 saturated heterocycles. The number of hydrogen-bond donors (Lipinski definition) is 2. The molecule has 2 heterocycles. The number of carbonyl (C=O) groups is 2. The van der Waals surface area contributed by atoms with Crippen LogP contribution in [0.2, 0.25) is 0 Å². The van der Waals surface area contributed by atoms with Gasteiger partial charge in [-0.1, -0.05) is 30.3 Å². The second kappa shape index (κ2) is 9.00. The molecule has 0 spiro atoms. The number of halogens is 3. The van der Waals surface area contributed by atoms with Crippen LogP contribution in [0.25, 0.3) is 11.1 Å². The first-order chi connectivity index (χ1) is 14.7. The zero-order valence-corrected chi connectivity index (χ0v) is 16.2. The molecule has 0 bridgehead atoms. The van der Waals surface area contributed by atoms with E-state index < -0.39 is 12.1 Å². The Kier molecular flexibility index (Phi) is 6.40. The molecule has 0 unspecified atom stereocenters.